The molecule has 1 heterocycles. The summed E-state index contributed by atoms with van der Waals surface area (Å²) in [5.41, 5.74) is 1.46. The number of rotatable bonds is 7. The number of carbonyl (C=O) groups excluding carboxylic acids is 1. The predicted molar refractivity (Wildman–Crippen MR) is 110 cm³/mol. The summed E-state index contributed by atoms with van der Waals surface area (Å²) in [4.78, 5) is 13.6. The molecule has 2 N–H and O–H groups in total. The summed E-state index contributed by atoms with van der Waals surface area (Å²) in [6.45, 7) is 3.18. The fourth-order valence-corrected chi connectivity index (χ4v) is 5.33. The average Bonchev–Trinajstić information content (AvgIpc) is 2.69. The average molecular weight is 427 g/mol. The van der Waals surface area contributed by atoms with Gasteiger partial charge in [0.05, 0.1) is 31.1 Å². The fourth-order valence-electron chi connectivity index (χ4n) is 3.76. The van der Waals surface area contributed by atoms with E-state index in [4.69, 9.17) is 11.6 Å². The molecule has 0 spiro atoms. The normalized spacial score (nSPS) is 19.2. The molecular formula is C20H29ClN3O3S+. The Balaban J connectivity index is 1.41. The van der Waals surface area contributed by atoms with Gasteiger partial charge in [-0.2, -0.15) is 4.31 Å². The minimum atomic E-state index is -3.50. The van der Waals surface area contributed by atoms with Crippen molar-refractivity contribution in [1.82, 2.24) is 9.62 Å². The largest absolute Gasteiger partial charge is 0.351 e. The van der Waals surface area contributed by atoms with Crippen molar-refractivity contribution in [1.29, 1.82) is 0 Å². The van der Waals surface area contributed by atoms with E-state index in [2.05, 4.69) is 11.4 Å². The van der Waals surface area contributed by atoms with Crippen molar-refractivity contribution >= 4 is 27.5 Å². The predicted octanol–water partition coefficient (Wildman–Crippen LogP) is 1.24. The van der Waals surface area contributed by atoms with E-state index in [1.54, 1.807) is 12.1 Å². The Morgan fingerprint density at radius 3 is 2.50 bits per heavy atom. The lowest BCUT2D eigenvalue weighted by Gasteiger charge is -2.31. The quantitative estimate of drug-likeness (QED) is 0.644. The van der Waals surface area contributed by atoms with Gasteiger partial charge in [-0.15, -0.1) is 0 Å². The number of hydrogen-bond acceptors (Lipinski definition) is 3. The van der Waals surface area contributed by atoms with Gasteiger partial charge in [-0.3, -0.25) is 4.79 Å². The Morgan fingerprint density at radius 1 is 1.14 bits per heavy atom. The molecule has 3 rings (SSSR count). The van der Waals surface area contributed by atoms with E-state index in [0.717, 1.165) is 24.2 Å². The van der Waals surface area contributed by atoms with E-state index in [9.17, 15) is 13.2 Å². The summed E-state index contributed by atoms with van der Waals surface area (Å²) in [6.07, 6.45) is 8.10. The van der Waals surface area contributed by atoms with Gasteiger partial charge in [-0.25, -0.2) is 8.42 Å². The van der Waals surface area contributed by atoms with Gasteiger partial charge in [-0.05, 0) is 56.4 Å². The van der Waals surface area contributed by atoms with Crippen LogP contribution in [0.15, 0.2) is 40.8 Å². The highest BCUT2D eigenvalue weighted by Crippen LogP contribution is 2.19. The molecule has 6 nitrogen and oxygen atoms in total. The molecule has 1 aliphatic carbocycles. The van der Waals surface area contributed by atoms with Crippen LogP contribution in [0.1, 0.15) is 32.1 Å². The molecule has 0 aromatic heterocycles. The number of piperazine rings is 1. The SMILES string of the molecule is O=C(C[NH+]1CCN(S(=O)(=O)c2ccc(Cl)cc2)CC1)NCCC1=CCCCC1. The Labute approximate surface area is 172 Å². The first kappa shape index (κ1) is 21.3. The second-order valence-electron chi connectivity index (χ2n) is 7.49. The van der Waals surface area contributed by atoms with E-state index in [1.165, 1.54) is 34.9 Å². The molecule has 8 heteroatoms. The van der Waals surface area contributed by atoms with Crippen LogP contribution >= 0.6 is 11.6 Å². The number of allylic oxidation sites excluding steroid dienone is 1. The van der Waals surface area contributed by atoms with Crippen LogP contribution < -0.4 is 10.2 Å². The molecule has 0 atom stereocenters. The molecule has 1 aliphatic heterocycles. The van der Waals surface area contributed by atoms with E-state index in [-0.39, 0.29) is 10.8 Å². The van der Waals surface area contributed by atoms with Crippen molar-refractivity contribution < 1.29 is 18.1 Å². The summed E-state index contributed by atoms with van der Waals surface area (Å²) < 4.78 is 26.9. The fraction of sp³-hybridized carbons (Fsp3) is 0.550. The Kier molecular flexibility index (Phi) is 7.51. The maximum absolute atomic E-state index is 12.7. The molecule has 2 aliphatic rings. The van der Waals surface area contributed by atoms with Crippen molar-refractivity contribution in [3.63, 3.8) is 0 Å². The summed E-state index contributed by atoms with van der Waals surface area (Å²) >= 11 is 5.84. The van der Waals surface area contributed by atoms with Crippen LogP contribution in [0.5, 0.6) is 0 Å². The molecule has 1 fully saturated rings. The molecule has 0 radical (unpaired) electrons. The van der Waals surface area contributed by atoms with Crippen molar-refractivity contribution in [2.24, 2.45) is 0 Å². The first-order chi connectivity index (χ1) is 13.4. The van der Waals surface area contributed by atoms with Crippen LogP contribution in [0, 0.1) is 0 Å². The van der Waals surface area contributed by atoms with Gasteiger partial charge in [0.25, 0.3) is 5.91 Å². The van der Waals surface area contributed by atoms with Crippen molar-refractivity contribution in [2.45, 2.75) is 37.0 Å². The number of carbonyl (C=O) groups is 1. The van der Waals surface area contributed by atoms with Crippen LogP contribution in [0.2, 0.25) is 5.02 Å². The van der Waals surface area contributed by atoms with Crippen molar-refractivity contribution in [3.05, 3.63) is 40.9 Å². The number of amides is 1. The van der Waals surface area contributed by atoms with E-state index in [0.29, 0.717) is 44.3 Å². The maximum atomic E-state index is 12.7. The number of sulfonamides is 1. The van der Waals surface area contributed by atoms with Crippen LogP contribution in [0.4, 0.5) is 0 Å². The number of nitrogens with one attached hydrogen (secondary N) is 2. The minimum Gasteiger partial charge on any atom is -0.351 e. The topological polar surface area (TPSA) is 70.9 Å². The zero-order chi connectivity index (χ0) is 20.0. The highest BCUT2D eigenvalue weighted by molar-refractivity contribution is 7.89. The second kappa shape index (κ2) is 9.87. The van der Waals surface area contributed by atoms with Gasteiger partial charge in [0, 0.05) is 11.6 Å². The third-order valence-corrected chi connectivity index (χ3v) is 7.61. The van der Waals surface area contributed by atoms with Crippen LogP contribution in [-0.4, -0.2) is 57.9 Å². The number of halogens is 1. The third kappa shape index (κ3) is 5.80. The zero-order valence-corrected chi connectivity index (χ0v) is 17.7. The van der Waals surface area contributed by atoms with Gasteiger partial charge in [-0.1, -0.05) is 23.3 Å². The number of quaternary nitrogens is 1. The zero-order valence-electron chi connectivity index (χ0n) is 16.1. The molecular weight excluding hydrogens is 398 g/mol. The lowest BCUT2D eigenvalue weighted by molar-refractivity contribution is -0.895. The summed E-state index contributed by atoms with van der Waals surface area (Å²) in [5.74, 6) is 0.0421. The molecule has 0 bridgehead atoms. The van der Waals surface area contributed by atoms with E-state index >= 15 is 0 Å². The first-order valence-corrected chi connectivity index (χ1v) is 11.8. The smallest absolute Gasteiger partial charge is 0.275 e. The standard InChI is InChI=1S/C20H28ClN3O3S/c21-18-6-8-19(9-7-18)28(26,27)24-14-12-23(13-15-24)16-20(25)22-11-10-17-4-2-1-3-5-17/h4,6-9H,1-3,5,10-16H2,(H,22,25)/p+1. The molecule has 1 saturated heterocycles. The van der Waals surface area contributed by atoms with Gasteiger partial charge < -0.3 is 10.2 Å². The number of benzene rings is 1. The number of hydrogen-bond donors (Lipinski definition) is 2. The Bertz CT molecular complexity index is 800. The summed E-state index contributed by atoms with van der Waals surface area (Å²) in [7, 11) is -3.50. The second-order valence-corrected chi connectivity index (χ2v) is 9.87. The van der Waals surface area contributed by atoms with E-state index in [1.807, 2.05) is 0 Å². The van der Waals surface area contributed by atoms with Crippen LogP contribution in [0.25, 0.3) is 0 Å². The lowest BCUT2D eigenvalue weighted by Crippen LogP contribution is -3.15. The molecule has 1 aromatic rings. The molecule has 28 heavy (non-hydrogen) atoms. The Hall–Kier alpha value is -1.41. The molecule has 0 saturated carbocycles. The van der Waals surface area contributed by atoms with Crippen molar-refractivity contribution in [3.8, 4) is 0 Å². The molecule has 154 valence electrons. The third-order valence-electron chi connectivity index (χ3n) is 5.44. The highest BCUT2D eigenvalue weighted by atomic mass is 35.5. The maximum Gasteiger partial charge on any atom is 0.275 e. The number of nitrogens with zero attached hydrogens (tertiary/aromatic N) is 1. The molecule has 0 unspecified atom stereocenters. The van der Waals surface area contributed by atoms with Gasteiger partial charge >= 0.3 is 0 Å². The van der Waals surface area contributed by atoms with Crippen LogP contribution in [-0.2, 0) is 14.8 Å². The summed E-state index contributed by atoms with van der Waals surface area (Å²) in [5, 5.41) is 3.52. The van der Waals surface area contributed by atoms with Gasteiger partial charge in [0.2, 0.25) is 10.0 Å². The minimum absolute atomic E-state index is 0.0421. The summed E-state index contributed by atoms with van der Waals surface area (Å²) in [6, 6.07) is 6.24. The monoisotopic (exact) mass is 426 g/mol. The first-order valence-electron chi connectivity index (χ1n) is 9.99. The highest BCUT2D eigenvalue weighted by Gasteiger charge is 2.31. The van der Waals surface area contributed by atoms with Crippen molar-refractivity contribution in [2.75, 3.05) is 39.3 Å². The molecule has 1 aromatic carbocycles. The van der Waals surface area contributed by atoms with Crippen LogP contribution in [0.3, 0.4) is 0 Å². The van der Waals surface area contributed by atoms with E-state index < -0.39 is 10.0 Å². The Morgan fingerprint density at radius 2 is 1.86 bits per heavy atom. The molecule has 1 amide bonds. The van der Waals surface area contributed by atoms with Gasteiger partial charge in [0.15, 0.2) is 6.54 Å². The van der Waals surface area contributed by atoms with Gasteiger partial charge in [0.1, 0.15) is 0 Å². The lowest BCUT2D eigenvalue weighted by atomic mass is 9.97.